The van der Waals surface area contributed by atoms with Crippen molar-refractivity contribution in [1.29, 1.82) is 0 Å². The molecule has 0 bridgehead atoms. The molecular formula is C17H16BrClN2O3-2. The number of rotatable bonds is 7. The van der Waals surface area contributed by atoms with Gasteiger partial charge < -0.3 is 20.8 Å². The average Bonchev–Trinajstić information content (AvgIpc) is 2.54. The highest BCUT2D eigenvalue weighted by molar-refractivity contribution is 9.10. The van der Waals surface area contributed by atoms with E-state index < -0.39 is 5.91 Å². The smallest absolute Gasteiger partial charge is 0.221 e. The van der Waals surface area contributed by atoms with Gasteiger partial charge in [-0.05, 0) is 29.8 Å². The lowest BCUT2D eigenvalue weighted by molar-refractivity contribution is -0.744. The molecule has 1 amide bonds. The van der Waals surface area contributed by atoms with E-state index in [4.69, 9.17) is 11.6 Å². The number of hydrogen-bond acceptors (Lipinski definition) is 4. The number of hydrogen-bond donors (Lipinski definition) is 2. The number of benzene rings is 2. The predicted molar refractivity (Wildman–Crippen MR) is 91.7 cm³/mol. The van der Waals surface area contributed by atoms with Crippen LogP contribution in [-0.4, -0.2) is 12.5 Å². The van der Waals surface area contributed by atoms with Crippen molar-refractivity contribution in [2.45, 2.75) is 18.9 Å². The summed E-state index contributed by atoms with van der Waals surface area (Å²) < 4.78 is 0.781. The Hall–Kier alpha value is -1.44. The van der Waals surface area contributed by atoms with Gasteiger partial charge in [0, 0.05) is 29.0 Å². The zero-order chi connectivity index (χ0) is 17.6. The molecule has 0 atom stereocenters. The molecule has 2 rings (SSSR count). The topological polar surface area (TPSA) is 87.2 Å². The van der Waals surface area contributed by atoms with Crippen molar-refractivity contribution in [3.8, 4) is 0 Å². The Labute approximate surface area is 153 Å². The largest absolute Gasteiger partial charge is 0.848 e. The molecule has 0 aliphatic rings. The third-order valence-corrected chi connectivity index (χ3v) is 4.12. The molecule has 0 saturated carbocycles. The Morgan fingerprint density at radius 2 is 1.71 bits per heavy atom. The van der Waals surface area contributed by atoms with Crippen molar-refractivity contribution < 1.29 is 15.0 Å². The Balaban J connectivity index is 1.75. The molecule has 2 aromatic carbocycles. The van der Waals surface area contributed by atoms with Crippen molar-refractivity contribution in [1.82, 2.24) is 10.6 Å². The van der Waals surface area contributed by atoms with E-state index in [0.717, 1.165) is 10.0 Å². The number of halogens is 2. The summed E-state index contributed by atoms with van der Waals surface area (Å²) in [6.45, 7) is 0.359. The quantitative estimate of drug-likeness (QED) is 0.671. The summed E-state index contributed by atoms with van der Waals surface area (Å²) in [7, 11) is 0. The minimum atomic E-state index is -2.68. The molecule has 0 spiro atoms. The first-order chi connectivity index (χ1) is 11.4. The fourth-order valence-electron chi connectivity index (χ4n) is 2.00. The van der Waals surface area contributed by atoms with E-state index >= 15 is 0 Å². The molecule has 0 aromatic heterocycles. The van der Waals surface area contributed by atoms with Crippen LogP contribution in [-0.2, 0) is 17.3 Å². The monoisotopic (exact) mass is 410 g/mol. The van der Waals surface area contributed by atoms with Gasteiger partial charge in [-0.15, -0.1) is 5.91 Å². The van der Waals surface area contributed by atoms with Crippen molar-refractivity contribution in [3.63, 3.8) is 0 Å². The van der Waals surface area contributed by atoms with Gasteiger partial charge in [0.05, 0.1) is 0 Å². The molecule has 128 valence electrons. The highest BCUT2D eigenvalue weighted by Gasteiger charge is 2.07. The number of carbonyl (C=O) groups excluding carboxylic acids is 1. The van der Waals surface area contributed by atoms with E-state index in [1.165, 1.54) is 12.1 Å². The Bertz CT molecular complexity index is 675. The molecule has 0 aliphatic carbocycles. The second-order valence-corrected chi connectivity index (χ2v) is 6.56. The minimum Gasteiger partial charge on any atom is -0.848 e. The van der Waals surface area contributed by atoms with E-state index in [2.05, 4.69) is 26.6 Å². The van der Waals surface area contributed by atoms with Gasteiger partial charge in [-0.1, -0.05) is 57.4 Å². The first-order valence-corrected chi connectivity index (χ1v) is 8.47. The lowest BCUT2D eigenvalue weighted by Crippen LogP contribution is -2.63. The fraction of sp³-hybridized carbons (Fsp3) is 0.235. The molecule has 24 heavy (non-hydrogen) atoms. The van der Waals surface area contributed by atoms with Gasteiger partial charge in [0.25, 0.3) is 0 Å². The van der Waals surface area contributed by atoms with Crippen LogP contribution in [0.4, 0.5) is 0 Å². The van der Waals surface area contributed by atoms with E-state index in [1.54, 1.807) is 24.3 Å². The van der Waals surface area contributed by atoms with Crippen LogP contribution < -0.4 is 20.8 Å². The normalized spacial score (nSPS) is 11.3. The highest BCUT2D eigenvalue weighted by atomic mass is 79.9. The molecule has 2 aromatic rings. The van der Waals surface area contributed by atoms with E-state index in [9.17, 15) is 15.0 Å². The third-order valence-electron chi connectivity index (χ3n) is 3.34. The first kappa shape index (κ1) is 18.9. The van der Waals surface area contributed by atoms with E-state index in [1.807, 2.05) is 12.1 Å². The molecule has 0 unspecified atom stereocenters. The zero-order valence-electron chi connectivity index (χ0n) is 12.7. The van der Waals surface area contributed by atoms with Crippen LogP contribution in [0.15, 0.2) is 53.0 Å². The van der Waals surface area contributed by atoms with Crippen LogP contribution in [0.2, 0.25) is 5.02 Å². The molecular weight excluding hydrogens is 396 g/mol. The Kier molecular flexibility index (Phi) is 6.77. The maximum atomic E-state index is 12.0. The van der Waals surface area contributed by atoms with E-state index in [-0.39, 0.29) is 24.4 Å². The standard InChI is InChI=1S/C17H16BrClN2O3/c18-14-5-3-13(4-6-14)17(23,24)21-10-9-16(22)20-11-12-1-7-15(19)8-2-12/h1-8,21H,9-11H2,(H,20,22)/q-2. The summed E-state index contributed by atoms with van der Waals surface area (Å²) in [6.07, 6.45) is 0.0380. The van der Waals surface area contributed by atoms with Crippen molar-refractivity contribution in [3.05, 3.63) is 69.2 Å². The fourth-order valence-corrected chi connectivity index (χ4v) is 2.39. The van der Waals surface area contributed by atoms with Crippen LogP contribution >= 0.6 is 27.5 Å². The van der Waals surface area contributed by atoms with Gasteiger partial charge in [0.15, 0.2) is 0 Å². The van der Waals surface area contributed by atoms with E-state index in [0.29, 0.717) is 11.6 Å². The van der Waals surface area contributed by atoms with Gasteiger partial charge in [-0.3, -0.25) is 4.79 Å². The molecule has 0 aliphatic heterocycles. The van der Waals surface area contributed by atoms with Crippen LogP contribution in [0.1, 0.15) is 17.5 Å². The first-order valence-electron chi connectivity index (χ1n) is 7.30. The highest BCUT2D eigenvalue weighted by Crippen LogP contribution is 2.14. The summed E-state index contributed by atoms with van der Waals surface area (Å²) >= 11 is 9.03. The van der Waals surface area contributed by atoms with Crippen molar-refractivity contribution in [2.24, 2.45) is 0 Å². The molecule has 5 nitrogen and oxygen atoms in total. The lowest BCUT2D eigenvalue weighted by atomic mass is 10.1. The Morgan fingerprint density at radius 3 is 2.33 bits per heavy atom. The summed E-state index contributed by atoms with van der Waals surface area (Å²) in [5.74, 6) is -2.93. The Morgan fingerprint density at radius 1 is 1.08 bits per heavy atom. The van der Waals surface area contributed by atoms with Gasteiger partial charge >= 0.3 is 0 Å². The number of amides is 1. The maximum absolute atomic E-state index is 12.0. The minimum absolute atomic E-state index is 0.00445. The van der Waals surface area contributed by atoms with Gasteiger partial charge in [0.2, 0.25) is 5.91 Å². The second kappa shape index (κ2) is 8.60. The summed E-state index contributed by atoms with van der Waals surface area (Å²) in [6, 6.07) is 13.3. The van der Waals surface area contributed by atoms with Gasteiger partial charge in [-0.2, -0.15) is 0 Å². The number of carbonyl (C=O) groups is 1. The maximum Gasteiger partial charge on any atom is 0.221 e. The van der Waals surface area contributed by atoms with Crippen LogP contribution in [0.5, 0.6) is 0 Å². The summed E-state index contributed by atoms with van der Waals surface area (Å²) in [5.41, 5.74) is 0.991. The molecule has 0 heterocycles. The summed E-state index contributed by atoms with van der Waals surface area (Å²) in [5, 5.41) is 29.6. The van der Waals surface area contributed by atoms with Crippen molar-refractivity contribution in [2.75, 3.05) is 6.54 Å². The third kappa shape index (κ3) is 5.89. The second-order valence-electron chi connectivity index (χ2n) is 5.20. The lowest BCUT2D eigenvalue weighted by Gasteiger charge is -2.50. The molecule has 0 saturated heterocycles. The zero-order valence-corrected chi connectivity index (χ0v) is 15.1. The van der Waals surface area contributed by atoms with Gasteiger partial charge in [0.1, 0.15) is 0 Å². The molecule has 2 N–H and O–H groups in total. The molecule has 7 heteroatoms. The number of nitrogens with one attached hydrogen (secondary N) is 2. The summed E-state index contributed by atoms with van der Waals surface area (Å²) in [4.78, 5) is 11.8. The van der Waals surface area contributed by atoms with Gasteiger partial charge in [-0.25, -0.2) is 0 Å². The van der Waals surface area contributed by atoms with Crippen molar-refractivity contribution >= 4 is 33.4 Å². The van der Waals surface area contributed by atoms with Crippen LogP contribution in [0.25, 0.3) is 0 Å². The molecule has 0 radical (unpaired) electrons. The van der Waals surface area contributed by atoms with Crippen LogP contribution in [0.3, 0.4) is 0 Å². The predicted octanol–water partition coefficient (Wildman–Crippen LogP) is 1.23. The molecule has 0 fully saturated rings. The average molecular weight is 412 g/mol. The van der Waals surface area contributed by atoms with Crippen LogP contribution in [0, 0.1) is 0 Å². The SMILES string of the molecule is O=C(CCNC([O-])([O-])c1ccc(Br)cc1)NCc1ccc(Cl)cc1.